The maximum atomic E-state index is 6.05. The molecule has 0 saturated carbocycles. The lowest BCUT2D eigenvalue weighted by Gasteiger charge is -2.08. The molecule has 3 heteroatoms. The van der Waals surface area contributed by atoms with Crippen molar-refractivity contribution in [1.82, 2.24) is 9.97 Å². The summed E-state index contributed by atoms with van der Waals surface area (Å²) < 4.78 is 0. The van der Waals surface area contributed by atoms with E-state index < -0.39 is 0 Å². The standard InChI is InChI=1S/C14H15ClN2/c1-9-5-4-6-12(7-9)14-16-8-13(10(2)15)11(3)17-14/h4-8,10H,1-3H3. The lowest BCUT2D eigenvalue weighted by molar-refractivity contribution is 0.976. The van der Waals surface area contributed by atoms with Crippen LogP contribution < -0.4 is 0 Å². The Bertz CT molecular complexity index is 535. The molecule has 0 spiro atoms. The van der Waals surface area contributed by atoms with Crippen molar-refractivity contribution in [3.63, 3.8) is 0 Å². The van der Waals surface area contributed by atoms with Gasteiger partial charge in [0.2, 0.25) is 0 Å². The minimum absolute atomic E-state index is 0.0541. The smallest absolute Gasteiger partial charge is 0.159 e. The van der Waals surface area contributed by atoms with Crippen molar-refractivity contribution in [3.05, 3.63) is 47.3 Å². The number of aromatic nitrogens is 2. The van der Waals surface area contributed by atoms with Crippen LogP contribution in [0.1, 0.15) is 29.1 Å². The molecule has 0 N–H and O–H groups in total. The lowest BCUT2D eigenvalue weighted by Crippen LogP contribution is -1.98. The minimum atomic E-state index is -0.0541. The molecule has 1 atom stereocenters. The summed E-state index contributed by atoms with van der Waals surface area (Å²) in [6.45, 7) is 5.96. The van der Waals surface area contributed by atoms with Crippen LogP contribution in [0, 0.1) is 13.8 Å². The van der Waals surface area contributed by atoms with E-state index in [4.69, 9.17) is 11.6 Å². The van der Waals surface area contributed by atoms with Crippen LogP contribution in [0.2, 0.25) is 0 Å². The second-order valence-corrected chi connectivity index (χ2v) is 4.87. The maximum absolute atomic E-state index is 6.05. The lowest BCUT2D eigenvalue weighted by atomic mass is 10.1. The molecule has 2 nitrogen and oxygen atoms in total. The van der Waals surface area contributed by atoms with Crippen LogP contribution in [-0.4, -0.2) is 9.97 Å². The molecule has 0 saturated heterocycles. The molecule has 1 aromatic heterocycles. The molecule has 0 aliphatic carbocycles. The highest BCUT2D eigenvalue weighted by Crippen LogP contribution is 2.23. The highest BCUT2D eigenvalue weighted by molar-refractivity contribution is 6.20. The minimum Gasteiger partial charge on any atom is -0.236 e. The number of hydrogen-bond donors (Lipinski definition) is 0. The van der Waals surface area contributed by atoms with Crippen LogP contribution in [0.15, 0.2) is 30.5 Å². The first kappa shape index (κ1) is 12.1. The third-order valence-corrected chi connectivity index (χ3v) is 2.96. The molecule has 0 aliphatic heterocycles. The van der Waals surface area contributed by atoms with Crippen molar-refractivity contribution in [2.24, 2.45) is 0 Å². The van der Waals surface area contributed by atoms with Gasteiger partial charge < -0.3 is 0 Å². The average Bonchev–Trinajstić information content (AvgIpc) is 2.28. The molecule has 2 aromatic rings. The molecular weight excluding hydrogens is 232 g/mol. The average molecular weight is 247 g/mol. The van der Waals surface area contributed by atoms with Crippen LogP contribution in [0.4, 0.5) is 0 Å². The monoisotopic (exact) mass is 246 g/mol. The Morgan fingerprint density at radius 1 is 1.24 bits per heavy atom. The molecule has 2 rings (SSSR count). The zero-order valence-corrected chi connectivity index (χ0v) is 11.0. The van der Waals surface area contributed by atoms with Gasteiger partial charge >= 0.3 is 0 Å². The van der Waals surface area contributed by atoms with Crippen molar-refractivity contribution in [2.45, 2.75) is 26.1 Å². The molecular formula is C14H15ClN2. The molecule has 17 heavy (non-hydrogen) atoms. The van der Waals surface area contributed by atoms with E-state index in [1.807, 2.05) is 32.2 Å². The van der Waals surface area contributed by atoms with Crippen LogP contribution in [0.3, 0.4) is 0 Å². The summed E-state index contributed by atoms with van der Waals surface area (Å²) in [7, 11) is 0. The quantitative estimate of drug-likeness (QED) is 0.747. The Labute approximate surface area is 107 Å². The Morgan fingerprint density at radius 3 is 2.59 bits per heavy atom. The van der Waals surface area contributed by atoms with E-state index in [-0.39, 0.29) is 5.38 Å². The highest BCUT2D eigenvalue weighted by Gasteiger charge is 2.09. The number of benzene rings is 1. The number of aryl methyl sites for hydroxylation is 2. The normalized spacial score (nSPS) is 12.5. The summed E-state index contributed by atoms with van der Waals surface area (Å²) in [5, 5.41) is -0.0541. The van der Waals surface area contributed by atoms with Gasteiger partial charge in [0.25, 0.3) is 0 Å². The molecule has 0 fully saturated rings. The number of nitrogens with zero attached hydrogens (tertiary/aromatic N) is 2. The fraction of sp³-hybridized carbons (Fsp3) is 0.286. The summed E-state index contributed by atoms with van der Waals surface area (Å²) in [5.74, 6) is 0.757. The third kappa shape index (κ3) is 2.64. The van der Waals surface area contributed by atoms with Crippen LogP contribution in [0.25, 0.3) is 11.4 Å². The zero-order chi connectivity index (χ0) is 12.4. The number of rotatable bonds is 2. The van der Waals surface area contributed by atoms with E-state index in [0.29, 0.717) is 0 Å². The van der Waals surface area contributed by atoms with Gasteiger partial charge in [-0.2, -0.15) is 0 Å². The maximum Gasteiger partial charge on any atom is 0.159 e. The largest absolute Gasteiger partial charge is 0.236 e. The first-order valence-corrected chi connectivity index (χ1v) is 6.06. The molecule has 0 bridgehead atoms. The fourth-order valence-corrected chi connectivity index (χ4v) is 2.00. The summed E-state index contributed by atoms with van der Waals surface area (Å²) in [6, 6.07) is 8.18. The predicted octanol–water partition coefficient (Wildman–Crippen LogP) is 4.06. The van der Waals surface area contributed by atoms with Crippen LogP contribution in [0.5, 0.6) is 0 Å². The third-order valence-electron chi connectivity index (χ3n) is 2.72. The number of hydrogen-bond acceptors (Lipinski definition) is 2. The zero-order valence-electron chi connectivity index (χ0n) is 10.2. The molecule has 1 aromatic carbocycles. The topological polar surface area (TPSA) is 25.8 Å². The van der Waals surface area contributed by atoms with Gasteiger partial charge in [-0.1, -0.05) is 23.8 Å². The van der Waals surface area contributed by atoms with Crippen molar-refractivity contribution >= 4 is 11.6 Å². The summed E-state index contributed by atoms with van der Waals surface area (Å²) in [4.78, 5) is 8.89. The van der Waals surface area contributed by atoms with Crippen LogP contribution >= 0.6 is 11.6 Å². The van der Waals surface area contributed by atoms with Crippen molar-refractivity contribution in [1.29, 1.82) is 0 Å². The Hall–Kier alpha value is -1.41. The van der Waals surface area contributed by atoms with Gasteiger partial charge in [0.15, 0.2) is 5.82 Å². The Morgan fingerprint density at radius 2 is 2.00 bits per heavy atom. The van der Waals surface area contributed by atoms with Crippen LogP contribution in [-0.2, 0) is 0 Å². The highest BCUT2D eigenvalue weighted by atomic mass is 35.5. The van der Waals surface area contributed by atoms with Gasteiger partial charge in [0, 0.05) is 23.0 Å². The number of alkyl halides is 1. The first-order valence-electron chi connectivity index (χ1n) is 5.62. The summed E-state index contributed by atoms with van der Waals surface area (Å²) in [5.41, 5.74) is 4.18. The summed E-state index contributed by atoms with van der Waals surface area (Å²) >= 11 is 6.05. The van der Waals surface area contributed by atoms with Gasteiger partial charge in [-0.05, 0) is 26.8 Å². The molecule has 1 heterocycles. The van der Waals surface area contributed by atoms with E-state index in [2.05, 4.69) is 29.0 Å². The van der Waals surface area contributed by atoms with Crippen molar-refractivity contribution < 1.29 is 0 Å². The van der Waals surface area contributed by atoms with Gasteiger partial charge in [0.1, 0.15) is 0 Å². The van der Waals surface area contributed by atoms with E-state index in [1.165, 1.54) is 5.56 Å². The van der Waals surface area contributed by atoms with E-state index in [1.54, 1.807) is 0 Å². The molecule has 0 radical (unpaired) electrons. The van der Waals surface area contributed by atoms with E-state index >= 15 is 0 Å². The van der Waals surface area contributed by atoms with Gasteiger partial charge in [-0.25, -0.2) is 9.97 Å². The molecule has 0 aliphatic rings. The van der Waals surface area contributed by atoms with E-state index in [9.17, 15) is 0 Å². The second kappa shape index (κ2) is 4.84. The van der Waals surface area contributed by atoms with E-state index in [0.717, 1.165) is 22.6 Å². The predicted molar refractivity (Wildman–Crippen MR) is 71.2 cm³/mol. The van der Waals surface area contributed by atoms with Gasteiger partial charge in [-0.3, -0.25) is 0 Å². The molecule has 1 unspecified atom stereocenters. The van der Waals surface area contributed by atoms with Gasteiger partial charge in [0.05, 0.1) is 5.38 Å². The fourth-order valence-electron chi connectivity index (χ4n) is 1.79. The Kier molecular flexibility index (Phi) is 3.43. The van der Waals surface area contributed by atoms with Crippen molar-refractivity contribution in [3.8, 4) is 11.4 Å². The van der Waals surface area contributed by atoms with Gasteiger partial charge in [-0.15, -0.1) is 11.6 Å². The number of halogens is 1. The summed E-state index contributed by atoms with van der Waals surface area (Å²) in [6.07, 6.45) is 1.82. The van der Waals surface area contributed by atoms with Crippen molar-refractivity contribution in [2.75, 3.05) is 0 Å². The Balaban J connectivity index is 2.44. The second-order valence-electron chi connectivity index (χ2n) is 4.22. The SMILES string of the molecule is Cc1cccc(-c2ncc(C(C)Cl)c(C)n2)c1. The first-order chi connectivity index (χ1) is 8.08. The molecule has 88 valence electrons. The molecule has 0 amide bonds.